The van der Waals surface area contributed by atoms with Crippen LogP contribution in [-0.4, -0.2) is 15.6 Å². The number of carbonyl (C=O) groups excluding carboxylic acids is 1. The van der Waals surface area contributed by atoms with Gasteiger partial charge in [-0.2, -0.15) is 5.26 Å². The number of pyridine rings is 1. The monoisotopic (exact) mass is 345 g/mol. The lowest BCUT2D eigenvalue weighted by Gasteiger charge is -2.14. The highest BCUT2D eigenvalue weighted by Crippen LogP contribution is 2.25. The van der Waals surface area contributed by atoms with E-state index in [1.807, 2.05) is 6.07 Å². The average molecular weight is 345 g/mol. The molecular formula is C20H15N3O3. The lowest BCUT2D eigenvalue weighted by molar-refractivity contribution is 0.102. The van der Waals surface area contributed by atoms with Gasteiger partial charge >= 0.3 is 0 Å². The number of para-hydroxylation sites is 3. The number of phenolic OH excluding ortho intramolecular Hbond substituents is 1. The number of aromatic hydroxyl groups is 1. The van der Waals surface area contributed by atoms with Crippen LogP contribution in [-0.2, 0) is 6.54 Å². The van der Waals surface area contributed by atoms with Crippen molar-refractivity contribution in [3.05, 3.63) is 82.7 Å². The zero-order valence-corrected chi connectivity index (χ0v) is 13.8. The molecule has 1 amide bonds. The standard InChI is InChI=1S/C20H15N3O3/c1-2-11-23-16-9-5-3-7-13(16)18(14(12-21)20(23)26)19(25)22-15-8-4-6-10-17(15)24/h2-10,24H,1,11H2,(H,22,25). The minimum absolute atomic E-state index is 0.0170. The van der Waals surface area contributed by atoms with Crippen LogP contribution >= 0.6 is 0 Å². The number of nitrogens with one attached hydrogen (secondary N) is 1. The van der Waals surface area contributed by atoms with Crippen molar-refractivity contribution in [1.29, 1.82) is 5.26 Å². The summed E-state index contributed by atoms with van der Waals surface area (Å²) in [6.07, 6.45) is 1.55. The van der Waals surface area contributed by atoms with E-state index in [4.69, 9.17) is 0 Å². The van der Waals surface area contributed by atoms with Gasteiger partial charge in [-0.3, -0.25) is 9.59 Å². The second kappa shape index (κ2) is 6.95. The Balaban J connectivity index is 2.26. The van der Waals surface area contributed by atoms with E-state index in [2.05, 4.69) is 11.9 Å². The summed E-state index contributed by atoms with van der Waals surface area (Å²) in [5, 5.41) is 22.4. The fraction of sp³-hybridized carbons (Fsp3) is 0.0500. The highest BCUT2D eigenvalue weighted by Gasteiger charge is 2.22. The van der Waals surface area contributed by atoms with Gasteiger partial charge in [0.25, 0.3) is 11.5 Å². The molecule has 0 unspecified atom stereocenters. The van der Waals surface area contributed by atoms with Crippen LogP contribution in [0.5, 0.6) is 5.75 Å². The predicted octanol–water partition coefficient (Wildman–Crippen LogP) is 3.02. The summed E-state index contributed by atoms with van der Waals surface area (Å²) in [5.41, 5.74) is -0.108. The molecular weight excluding hydrogens is 330 g/mol. The largest absolute Gasteiger partial charge is 0.506 e. The Bertz CT molecular complexity index is 1120. The smallest absolute Gasteiger partial charge is 0.270 e. The maximum atomic E-state index is 12.8. The number of phenols is 1. The SMILES string of the molecule is C=CCn1c(=O)c(C#N)c(C(=O)Nc2ccccc2O)c2ccccc21. The van der Waals surface area contributed by atoms with Gasteiger partial charge in [-0.15, -0.1) is 6.58 Å². The number of allylic oxidation sites excluding steroid dienone is 1. The molecule has 0 fully saturated rings. The van der Waals surface area contributed by atoms with Crippen LogP contribution in [0.15, 0.2) is 66.0 Å². The van der Waals surface area contributed by atoms with E-state index in [1.54, 1.807) is 42.5 Å². The summed E-state index contributed by atoms with van der Waals surface area (Å²) in [5.74, 6) is -0.745. The Morgan fingerprint density at radius 1 is 1.23 bits per heavy atom. The number of anilines is 1. The lowest BCUT2D eigenvalue weighted by atomic mass is 10.0. The molecule has 1 heterocycles. The quantitative estimate of drug-likeness (QED) is 0.561. The van der Waals surface area contributed by atoms with E-state index < -0.39 is 11.5 Å². The molecule has 0 radical (unpaired) electrons. The number of hydrogen-bond acceptors (Lipinski definition) is 4. The molecule has 128 valence electrons. The second-order valence-electron chi connectivity index (χ2n) is 5.55. The molecule has 6 nitrogen and oxygen atoms in total. The number of benzene rings is 2. The van der Waals surface area contributed by atoms with E-state index in [1.165, 1.54) is 16.7 Å². The Labute approximate surface area is 149 Å². The third-order valence-electron chi connectivity index (χ3n) is 3.98. The van der Waals surface area contributed by atoms with Gasteiger partial charge in [0.05, 0.1) is 16.8 Å². The molecule has 6 heteroatoms. The Kier molecular flexibility index (Phi) is 4.54. The van der Waals surface area contributed by atoms with E-state index in [-0.39, 0.29) is 29.1 Å². The van der Waals surface area contributed by atoms with Gasteiger partial charge in [0, 0.05) is 11.9 Å². The van der Waals surface area contributed by atoms with Gasteiger partial charge in [0.2, 0.25) is 0 Å². The number of fused-ring (bicyclic) bond motifs is 1. The number of rotatable bonds is 4. The van der Waals surface area contributed by atoms with E-state index >= 15 is 0 Å². The van der Waals surface area contributed by atoms with Crippen molar-refractivity contribution in [2.45, 2.75) is 6.54 Å². The third kappa shape index (κ3) is 2.82. The molecule has 0 saturated carbocycles. The van der Waals surface area contributed by atoms with Crippen LogP contribution in [0.1, 0.15) is 15.9 Å². The van der Waals surface area contributed by atoms with Gasteiger partial charge in [-0.1, -0.05) is 36.4 Å². The summed E-state index contributed by atoms with van der Waals surface area (Å²) in [4.78, 5) is 25.6. The van der Waals surface area contributed by atoms with Gasteiger partial charge < -0.3 is 15.0 Å². The minimum atomic E-state index is -0.637. The fourth-order valence-electron chi connectivity index (χ4n) is 2.82. The summed E-state index contributed by atoms with van der Waals surface area (Å²) >= 11 is 0. The first-order valence-corrected chi connectivity index (χ1v) is 7.84. The molecule has 0 aliphatic carbocycles. The zero-order chi connectivity index (χ0) is 18.7. The second-order valence-corrected chi connectivity index (χ2v) is 5.55. The lowest BCUT2D eigenvalue weighted by Crippen LogP contribution is -2.27. The summed E-state index contributed by atoms with van der Waals surface area (Å²) in [6.45, 7) is 3.85. The Morgan fingerprint density at radius 3 is 2.62 bits per heavy atom. The van der Waals surface area contributed by atoms with Crippen LogP contribution in [0.25, 0.3) is 10.9 Å². The van der Waals surface area contributed by atoms with E-state index in [0.29, 0.717) is 10.9 Å². The summed E-state index contributed by atoms with van der Waals surface area (Å²) in [7, 11) is 0. The molecule has 0 bridgehead atoms. The van der Waals surface area contributed by atoms with E-state index in [0.717, 1.165) is 0 Å². The van der Waals surface area contributed by atoms with Crippen LogP contribution in [0.3, 0.4) is 0 Å². The number of amides is 1. The summed E-state index contributed by atoms with van der Waals surface area (Å²) < 4.78 is 1.40. The first kappa shape index (κ1) is 17.0. The van der Waals surface area contributed by atoms with Crippen LogP contribution in [0.4, 0.5) is 5.69 Å². The van der Waals surface area contributed by atoms with Crippen molar-refractivity contribution in [2.24, 2.45) is 0 Å². The number of nitriles is 1. The maximum Gasteiger partial charge on any atom is 0.270 e. The Morgan fingerprint density at radius 2 is 1.92 bits per heavy atom. The predicted molar refractivity (Wildman–Crippen MR) is 99.2 cm³/mol. The van der Waals surface area contributed by atoms with Crippen molar-refractivity contribution in [3.63, 3.8) is 0 Å². The van der Waals surface area contributed by atoms with Crippen LogP contribution in [0.2, 0.25) is 0 Å². The molecule has 1 aromatic heterocycles. The van der Waals surface area contributed by atoms with Crippen molar-refractivity contribution in [3.8, 4) is 11.8 Å². The van der Waals surface area contributed by atoms with Gasteiger partial charge in [0.1, 0.15) is 17.4 Å². The van der Waals surface area contributed by atoms with E-state index in [9.17, 15) is 20.0 Å². The first-order valence-electron chi connectivity index (χ1n) is 7.84. The molecule has 0 saturated heterocycles. The molecule has 0 aliphatic rings. The number of aromatic nitrogens is 1. The maximum absolute atomic E-state index is 12.8. The van der Waals surface area contributed by atoms with Crippen molar-refractivity contribution >= 4 is 22.5 Å². The molecule has 0 atom stereocenters. The van der Waals surface area contributed by atoms with Crippen molar-refractivity contribution < 1.29 is 9.90 Å². The average Bonchev–Trinajstić information content (AvgIpc) is 2.65. The molecule has 26 heavy (non-hydrogen) atoms. The highest BCUT2D eigenvalue weighted by molar-refractivity contribution is 6.14. The molecule has 3 rings (SSSR count). The van der Waals surface area contributed by atoms with Crippen LogP contribution < -0.4 is 10.9 Å². The minimum Gasteiger partial charge on any atom is -0.506 e. The normalized spacial score (nSPS) is 10.3. The van der Waals surface area contributed by atoms with Crippen molar-refractivity contribution in [1.82, 2.24) is 4.57 Å². The Hall–Kier alpha value is -3.85. The number of nitrogens with zero attached hydrogens (tertiary/aromatic N) is 2. The topological polar surface area (TPSA) is 95.1 Å². The van der Waals surface area contributed by atoms with Gasteiger partial charge in [-0.25, -0.2) is 0 Å². The molecule has 0 spiro atoms. The molecule has 3 aromatic rings. The fourth-order valence-corrected chi connectivity index (χ4v) is 2.82. The molecule has 2 N–H and O–H groups in total. The van der Waals surface area contributed by atoms with Crippen LogP contribution in [0, 0.1) is 11.3 Å². The molecule has 0 aliphatic heterocycles. The molecule has 2 aromatic carbocycles. The van der Waals surface area contributed by atoms with Crippen molar-refractivity contribution in [2.75, 3.05) is 5.32 Å². The first-order chi connectivity index (χ1) is 12.6. The van der Waals surface area contributed by atoms with Gasteiger partial charge in [0.15, 0.2) is 0 Å². The number of carbonyl (C=O) groups is 1. The van der Waals surface area contributed by atoms with Gasteiger partial charge in [-0.05, 0) is 18.2 Å². The zero-order valence-electron chi connectivity index (χ0n) is 13.8. The third-order valence-corrected chi connectivity index (χ3v) is 3.98. The summed E-state index contributed by atoms with van der Waals surface area (Å²) in [6, 6.07) is 14.9. The number of hydrogen-bond donors (Lipinski definition) is 2. The highest BCUT2D eigenvalue weighted by atomic mass is 16.3.